The Labute approximate surface area is 139 Å². The summed E-state index contributed by atoms with van der Waals surface area (Å²) in [5, 5.41) is 7.77. The summed E-state index contributed by atoms with van der Waals surface area (Å²) < 4.78 is 14.9. The lowest BCUT2D eigenvalue weighted by atomic mass is 10.0. The van der Waals surface area contributed by atoms with Gasteiger partial charge in [-0.05, 0) is 36.8 Å². The molecule has 0 saturated heterocycles. The first-order chi connectivity index (χ1) is 11.6. The van der Waals surface area contributed by atoms with Crippen molar-refractivity contribution in [3.63, 3.8) is 0 Å². The average molecular weight is 324 g/mol. The maximum atomic E-state index is 13.2. The molecular formula is C18H17FN4O. The number of aryl methyl sites for hydroxylation is 1. The molecule has 5 nitrogen and oxygen atoms in total. The van der Waals surface area contributed by atoms with E-state index in [1.54, 1.807) is 15.8 Å². The van der Waals surface area contributed by atoms with Crippen LogP contribution in [0.15, 0.2) is 54.4 Å². The number of carbonyl (C=O) groups is 1. The molecule has 0 spiro atoms. The van der Waals surface area contributed by atoms with Gasteiger partial charge in [0.1, 0.15) is 11.6 Å². The van der Waals surface area contributed by atoms with E-state index < -0.39 is 0 Å². The summed E-state index contributed by atoms with van der Waals surface area (Å²) in [5.74, 6) is 0.437. The average Bonchev–Trinajstić information content (AvgIpc) is 2.85. The zero-order valence-corrected chi connectivity index (χ0v) is 13.2. The molecule has 1 N–H and O–H groups in total. The lowest BCUT2D eigenvalue weighted by Crippen LogP contribution is -2.36. The van der Waals surface area contributed by atoms with Crippen LogP contribution in [0.1, 0.15) is 22.3 Å². The molecule has 0 saturated carbocycles. The highest BCUT2D eigenvalue weighted by molar-refractivity contribution is 5.95. The number of hydrogen-bond acceptors (Lipinski definition) is 3. The third-order valence-electron chi connectivity index (χ3n) is 4.43. The number of carbonyl (C=O) groups excluding carboxylic acids is 1. The summed E-state index contributed by atoms with van der Waals surface area (Å²) in [5.41, 5.74) is 2.35. The summed E-state index contributed by atoms with van der Waals surface area (Å²) in [7, 11) is 1.88. The van der Waals surface area contributed by atoms with E-state index in [0.717, 1.165) is 23.5 Å². The lowest BCUT2D eigenvalue weighted by molar-refractivity contribution is 0.0790. The van der Waals surface area contributed by atoms with Crippen LogP contribution in [0.4, 0.5) is 10.2 Å². The van der Waals surface area contributed by atoms with Crippen molar-refractivity contribution in [2.24, 2.45) is 7.05 Å². The minimum absolute atomic E-state index is 0.0102. The molecule has 1 atom stereocenters. The van der Waals surface area contributed by atoms with Gasteiger partial charge < -0.3 is 10.2 Å². The second-order valence-corrected chi connectivity index (χ2v) is 5.99. The van der Waals surface area contributed by atoms with E-state index in [1.807, 2.05) is 19.2 Å². The topological polar surface area (TPSA) is 50.2 Å². The molecule has 0 radical (unpaired) electrons. The minimum atomic E-state index is -0.351. The molecule has 2 aliphatic rings. The first-order valence-corrected chi connectivity index (χ1v) is 7.85. The molecule has 1 aliphatic carbocycles. The van der Waals surface area contributed by atoms with Gasteiger partial charge in [0.2, 0.25) is 0 Å². The van der Waals surface area contributed by atoms with Crippen molar-refractivity contribution in [3.05, 3.63) is 71.3 Å². The SMILES string of the molecule is Cn1ncc2c1NC1CC=CC=C1N(C(=O)c1ccc(F)cc1)C2. The molecule has 2 aromatic rings. The Morgan fingerprint density at radius 2 is 2.12 bits per heavy atom. The Kier molecular flexibility index (Phi) is 3.45. The van der Waals surface area contributed by atoms with E-state index >= 15 is 0 Å². The number of hydrogen-bond donors (Lipinski definition) is 1. The number of fused-ring (bicyclic) bond motifs is 2. The Bertz CT molecular complexity index is 850. The van der Waals surface area contributed by atoms with Gasteiger partial charge in [-0.1, -0.05) is 12.2 Å². The van der Waals surface area contributed by atoms with E-state index in [4.69, 9.17) is 0 Å². The zero-order valence-electron chi connectivity index (χ0n) is 13.2. The monoisotopic (exact) mass is 324 g/mol. The summed E-state index contributed by atoms with van der Waals surface area (Å²) >= 11 is 0. The molecule has 24 heavy (non-hydrogen) atoms. The zero-order chi connectivity index (χ0) is 16.7. The minimum Gasteiger partial charge on any atom is -0.361 e. The molecule has 6 heteroatoms. The molecule has 1 aromatic heterocycles. The molecule has 1 aromatic carbocycles. The normalized spacial score (nSPS) is 19.0. The fourth-order valence-electron chi connectivity index (χ4n) is 3.18. The number of benzene rings is 1. The van der Waals surface area contributed by atoms with Crippen LogP contribution < -0.4 is 5.32 Å². The molecule has 1 aliphatic heterocycles. The van der Waals surface area contributed by atoms with Gasteiger partial charge in [0.05, 0.1) is 18.8 Å². The van der Waals surface area contributed by atoms with E-state index in [-0.39, 0.29) is 17.8 Å². The highest BCUT2D eigenvalue weighted by atomic mass is 19.1. The van der Waals surface area contributed by atoms with Gasteiger partial charge in [-0.25, -0.2) is 4.39 Å². The van der Waals surface area contributed by atoms with E-state index in [1.165, 1.54) is 24.3 Å². The Morgan fingerprint density at radius 1 is 1.33 bits per heavy atom. The summed E-state index contributed by atoms with van der Waals surface area (Å²) in [6, 6.07) is 5.68. The van der Waals surface area contributed by atoms with Crippen molar-refractivity contribution in [2.45, 2.75) is 19.0 Å². The molecule has 1 unspecified atom stereocenters. The van der Waals surface area contributed by atoms with E-state index in [2.05, 4.69) is 16.5 Å². The second kappa shape index (κ2) is 5.63. The first-order valence-electron chi connectivity index (χ1n) is 7.85. The molecule has 122 valence electrons. The van der Waals surface area contributed by atoms with E-state index in [0.29, 0.717) is 12.1 Å². The largest absolute Gasteiger partial charge is 0.361 e. The van der Waals surface area contributed by atoms with Crippen molar-refractivity contribution in [2.75, 3.05) is 5.32 Å². The summed E-state index contributed by atoms with van der Waals surface area (Å²) in [6.45, 7) is 0.433. The molecule has 2 heterocycles. The fourth-order valence-corrected chi connectivity index (χ4v) is 3.18. The number of nitrogens with one attached hydrogen (secondary N) is 1. The molecule has 4 rings (SSSR count). The predicted octanol–water partition coefficient (Wildman–Crippen LogP) is 2.84. The Hall–Kier alpha value is -2.89. The number of amides is 1. The standard InChI is InChI=1S/C18H17FN4O/c1-22-17-13(10-20-22)11-23(16-5-3-2-4-15(16)21-17)18(24)12-6-8-14(19)9-7-12/h2-3,5-10,15,21H,4,11H2,1H3. The third kappa shape index (κ3) is 2.40. The van der Waals surface area contributed by atoms with Crippen molar-refractivity contribution in [3.8, 4) is 0 Å². The van der Waals surface area contributed by atoms with Crippen molar-refractivity contribution >= 4 is 11.7 Å². The number of rotatable bonds is 1. The van der Waals surface area contributed by atoms with Gasteiger partial charge in [0, 0.05) is 23.9 Å². The maximum Gasteiger partial charge on any atom is 0.258 e. The van der Waals surface area contributed by atoms with Gasteiger partial charge in [-0.15, -0.1) is 0 Å². The van der Waals surface area contributed by atoms with Crippen molar-refractivity contribution in [1.82, 2.24) is 14.7 Å². The highest BCUT2D eigenvalue weighted by Crippen LogP contribution is 2.31. The van der Waals surface area contributed by atoms with Crippen LogP contribution in [0.25, 0.3) is 0 Å². The summed E-state index contributed by atoms with van der Waals surface area (Å²) in [6.07, 6.45) is 8.57. The maximum absolute atomic E-state index is 13.2. The predicted molar refractivity (Wildman–Crippen MR) is 88.7 cm³/mol. The first kappa shape index (κ1) is 14.7. The van der Waals surface area contributed by atoms with Crippen LogP contribution in [0.2, 0.25) is 0 Å². The van der Waals surface area contributed by atoms with Crippen LogP contribution in [0.3, 0.4) is 0 Å². The quantitative estimate of drug-likeness (QED) is 0.877. The Morgan fingerprint density at radius 3 is 2.92 bits per heavy atom. The number of allylic oxidation sites excluding steroid dienone is 2. The van der Waals surface area contributed by atoms with Crippen molar-refractivity contribution < 1.29 is 9.18 Å². The molecule has 0 bridgehead atoms. The molecule has 1 amide bonds. The van der Waals surface area contributed by atoms with Crippen LogP contribution in [-0.4, -0.2) is 26.6 Å². The number of halogens is 1. The second-order valence-electron chi connectivity index (χ2n) is 5.99. The molecule has 0 fully saturated rings. The van der Waals surface area contributed by atoms with Gasteiger partial charge in [0.15, 0.2) is 0 Å². The third-order valence-corrected chi connectivity index (χ3v) is 4.43. The Balaban J connectivity index is 1.76. The van der Waals surface area contributed by atoms with Gasteiger partial charge in [-0.2, -0.15) is 5.10 Å². The van der Waals surface area contributed by atoms with Crippen molar-refractivity contribution in [1.29, 1.82) is 0 Å². The smallest absolute Gasteiger partial charge is 0.258 e. The number of aromatic nitrogens is 2. The number of nitrogens with zero attached hydrogens (tertiary/aromatic N) is 3. The van der Waals surface area contributed by atoms with Crippen LogP contribution in [0, 0.1) is 5.82 Å². The lowest BCUT2D eigenvalue weighted by Gasteiger charge is -2.29. The number of anilines is 1. The van der Waals surface area contributed by atoms with Crippen LogP contribution in [0.5, 0.6) is 0 Å². The summed E-state index contributed by atoms with van der Waals surface area (Å²) in [4.78, 5) is 14.8. The van der Waals surface area contributed by atoms with E-state index in [9.17, 15) is 9.18 Å². The van der Waals surface area contributed by atoms with Crippen LogP contribution in [-0.2, 0) is 13.6 Å². The van der Waals surface area contributed by atoms with Crippen LogP contribution >= 0.6 is 0 Å². The van der Waals surface area contributed by atoms with Gasteiger partial charge in [0.25, 0.3) is 5.91 Å². The van der Waals surface area contributed by atoms with Gasteiger partial charge >= 0.3 is 0 Å². The fraction of sp³-hybridized carbons (Fsp3) is 0.222. The molecular weight excluding hydrogens is 307 g/mol. The highest BCUT2D eigenvalue weighted by Gasteiger charge is 2.31. The van der Waals surface area contributed by atoms with Gasteiger partial charge in [-0.3, -0.25) is 9.48 Å².